The lowest BCUT2D eigenvalue weighted by Crippen LogP contribution is -2.18. The molecule has 2 rings (SSSR count). The highest BCUT2D eigenvalue weighted by molar-refractivity contribution is 8.01. The predicted octanol–water partition coefficient (Wildman–Crippen LogP) is 3.36. The summed E-state index contributed by atoms with van der Waals surface area (Å²) in [5.74, 6) is 0. The number of pyridine rings is 1. The lowest BCUT2D eigenvalue weighted by atomic mass is 10.2. The third-order valence-electron chi connectivity index (χ3n) is 2.33. The molecule has 2 aromatic rings. The first-order valence-corrected chi connectivity index (χ1v) is 7.26. The van der Waals surface area contributed by atoms with Crippen molar-refractivity contribution in [3.8, 4) is 0 Å². The molecule has 90 valence electrons. The molecular weight excluding hydrogens is 250 g/mol. The SMILES string of the molecule is CCNC(C)c1ccc(Sc2nccs2)cn1. The van der Waals surface area contributed by atoms with Crippen molar-refractivity contribution in [1.29, 1.82) is 0 Å². The van der Waals surface area contributed by atoms with E-state index >= 15 is 0 Å². The van der Waals surface area contributed by atoms with Gasteiger partial charge in [0.25, 0.3) is 0 Å². The summed E-state index contributed by atoms with van der Waals surface area (Å²) < 4.78 is 1.05. The number of aromatic nitrogens is 2. The zero-order chi connectivity index (χ0) is 12.1. The Kier molecular flexibility index (Phi) is 4.53. The number of nitrogens with one attached hydrogen (secondary N) is 1. The highest BCUT2D eigenvalue weighted by Crippen LogP contribution is 2.28. The van der Waals surface area contributed by atoms with E-state index in [0.29, 0.717) is 6.04 Å². The largest absolute Gasteiger partial charge is 0.309 e. The molecule has 2 aromatic heterocycles. The summed E-state index contributed by atoms with van der Waals surface area (Å²) in [6.45, 7) is 5.18. The quantitative estimate of drug-likeness (QED) is 0.899. The third-order valence-corrected chi connectivity index (χ3v) is 4.19. The maximum atomic E-state index is 4.47. The van der Waals surface area contributed by atoms with Gasteiger partial charge in [0, 0.05) is 28.7 Å². The van der Waals surface area contributed by atoms with E-state index in [4.69, 9.17) is 0 Å². The van der Waals surface area contributed by atoms with E-state index in [2.05, 4.69) is 41.3 Å². The predicted molar refractivity (Wildman–Crippen MR) is 72.6 cm³/mol. The lowest BCUT2D eigenvalue weighted by molar-refractivity contribution is 0.582. The second-order valence-corrected chi connectivity index (χ2v) is 5.81. The number of thiazole rings is 1. The number of rotatable bonds is 5. The average molecular weight is 265 g/mol. The van der Waals surface area contributed by atoms with E-state index in [1.54, 1.807) is 23.1 Å². The summed E-state index contributed by atoms with van der Waals surface area (Å²) in [5, 5.41) is 5.33. The first kappa shape index (κ1) is 12.5. The second-order valence-electron chi connectivity index (χ2n) is 3.60. The van der Waals surface area contributed by atoms with Crippen molar-refractivity contribution < 1.29 is 0 Å². The summed E-state index contributed by atoms with van der Waals surface area (Å²) in [4.78, 5) is 9.84. The first-order chi connectivity index (χ1) is 8.29. The molecule has 0 aromatic carbocycles. The fraction of sp³-hybridized carbons (Fsp3) is 0.333. The van der Waals surface area contributed by atoms with Gasteiger partial charge in [-0.15, -0.1) is 11.3 Å². The highest BCUT2D eigenvalue weighted by atomic mass is 32.2. The monoisotopic (exact) mass is 265 g/mol. The Morgan fingerprint density at radius 3 is 2.88 bits per heavy atom. The van der Waals surface area contributed by atoms with Crippen LogP contribution in [0.3, 0.4) is 0 Å². The molecule has 1 atom stereocenters. The number of hydrogen-bond acceptors (Lipinski definition) is 5. The molecule has 3 nitrogen and oxygen atoms in total. The maximum absolute atomic E-state index is 4.47. The van der Waals surface area contributed by atoms with Crippen molar-refractivity contribution in [2.24, 2.45) is 0 Å². The van der Waals surface area contributed by atoms with Crippen molar-refractivity contribution in [3.05, 3.63) is 35.6 Å². The van der Waals surface area contributed by atoms with E-state index in [9.17, 15) is 0 Å². The van der Waals surface area contributed by atoms with Crippen molar-refractivity contribution in [2.45, 2.75) is 29.1 Å². The molecule has 0 aliphatic heterocycles. The molecule has 0 bridgehead atoms. The molecule has 17 heavy (non-hydrogen) atoms. The molecule has 0 amide bonds. The molecule has 1 unspecified atom stereocenters. The minimum absolute atomic E-state index is 0.305. The summed E-state index contributed by atoms with van der Waals surface area (Å²) in [7, 11) is 0. The molecule has 1 N–H and O–H groups in total. The van der Waals surface area contributed by atoms with Crippen molar-refractivity contribution in [3.63, 3.8) is 0 Å². The summed E-state index contributed by atoms with van der Waals surface area (Å²) in [6.07, 6.45) is 3.73. The van der Waals surface area contributed by atoms with Crippen LogP contribution in [0.25, 0.3) is 0 Å². The molecule has 0 radical (unpaired) electrons. The topological polar surface area (TPSA) is 37.8 Å². The van der Waals surface area contributed by atoms with Gasteiger partial charge in [0.2, 0.25) is 0 Å². The van der Waals surface area contributed by atoms with Crippen LogP contribution in [-0.2, 0) is 0 Å². The number of hydrogen-bond donors (Lipinski definition) is 1. The fourth-order valence-electron chi connectivity index (χ4n) is 1.48. The van der Waals surface area contributed by atoms with Gasteiger partial charge in [-0.1, -0.05) is 18.7 Å². The Labute approximate surface area is 110 Å². The van der Waals surface area contributed by atoms with Crippen molar-refractivity contribution in [1.82, 2.24) is 15.3 Å². The Balaban J connectivity index is 2.02. The smallest absolute Gasteiger partial charge is 0.154 e. The van der Waals surface area contributed by atoms with Crippen LogP contribution in [0.4, 0.5) is 0 Å². The minimum Gasteiger partial charge on any atom is -0.309 e. The van der Waals surface area contributed by atoms with E-state index in [1.165, 1.54) is 0 Å². The molecule has 0 fully saturated rings. The molecule has 0 saturated carbocycles. The van der Waals surface area contributed by atoms with E-state index in [1.807, 2.05) is 17.8 Å². The van der Waals surface area contributed by atoms with Crippen molar-refractivity contribution in [2.75, 3.05) is 6.54 Å². The molecule has 0 spiro atoms. The second kappa shape index (κ2) is 6.14. The molecule has 0 aliphatic rings. The third kappa shape index (κ3) is 3.52. The van der Waals surface area contributed by atoms with Crippen LogP contribution in [0.2, 0.25) is 0 Å². The summed E-state index contributed by atoms with van der Waals surface area (Å²) in [5.41, 5.74) is 1.08. The lowest BCUT2D eigenvalue weighted by Gasteiger charge is -2.11. The minimum atomic E-state index is 0.305. The van der Waals surface area contributed by atoms with E-state index in [0.717, 1.165) is 21.5 Å². The Morgan fingerprint density at radius 2 is 2.29 bits per heavy atom. The van der Waals surface area contributed by atoms with Crippen LogP contribution in [-0.4, -0.2) is 16.5 Å². The molecule has 5 heteroatoms. The molecule has 0 saturated heterocycles. The first-order valence-electron chi connectivity index (χ1n) is 5.56. The van der Waals surface area contributed by atoms with E-state index < -0.39 is 0 Å². The Bertz CT molecular complexity index is 439. The van der Waals surface area contributed by atoms with Crippen LogP contribution < -0.4 is 5.32 Å². The van der Waals surface area contributed by atoms with Gasteiger partial charge in [0.05, 0.1) is 5.69 Å². The highest BCUT2D eigenvalue weighted by Gasteiger charge is 2.05. The van der Waals surface area contributed by atoms with Gasteiger partial charge in [-0.05, 0) is 25.6 Å². The zero-order valence-electron chi connectivity index (χ0n) is 9.88. The van der Waals surface area contributed by atoms with Crippen LogP contribution in [0.15, 0.2) is 39.1 Å². The molecule has 0 aliphatic carbocycles. The van der Waals surface area contributed by atoms with Crippen LogP contribution in [0.5, 0.6) is 0 Å². The van der Waals surface area contributed by atoms with Gasteiger partial charge in [-0.3, -0.25) is 4.98 Å². The van der Waals surface area contributed by atoms with Crippen molar-refractivity contribution >= 4 is 23.1 Å². The van der Waals surface area contributed by atoms with Gasteiger partial charge in [-0.25, -0.2) is 4.98 Å². The molecule has 2 heterocycles. The van der Waals surface area contributed by atoms with Crippen LogP contribution in [0, 0.1) is 0 Å². The standard InChI is InChI=1S/C12H15N3S2/c1-3-13-9(2)11-5-4-10(8-15-11)17-12-14-6-7-16-12/h4-9,13H,3H2,1-2H3. The van der Waals surface area contributed by atoms with Crippen LogP contribution >= 0.6 is 23.1 Å². The van der Waals surface area contributed by atoms with Crippen LogP contribution in [0.1, 0.15) is 25.6 Å². The van der Waals surface area contributed by atoms with Gasteiger partial charge in [0.15, 0.2) is 4.34 Å². The fourth-order valence-corrected chi connectivity index (χ4v) is 3.04. The zero-order valence-corrected chi connectivity index (χ0v) is 11.5. The van der Waals surface area contributed by atoms with Gasteiger partial charge >= 0.3 is 0 Å². The number of nitrogens with zero attached hydrogens (tertiary/aromatic N) is 2. The maximum Gasteiger partial charge on any atom is 0.154 e. The Morgan fingerprint density at radius 1 is 1.41 bits per heavy atom. The van der Waals surface area contributed by atoms with Gasteiger partial charge < -0.3 is 5.32 Å². The van der Waals surface area contributed by atoms with E-state index in [-0.39, 0.29) is 0 Å². The summed E-state index contributed by atoms with van der Waals surface area (Å²) >= 11 is 3.30. The normalized spacial score (nSPS) is 12.6. The molecular formula is C12H15N3S2. The Hall–Kier alpha value is -0.910. The van der Waals surface area contributed by atoms with Gasteiger partial charge in [0.1, 0.15) is 0 Å². The average Bonchev–Trinajstić information content (AvgIpc) is 2.83. The van der Waals surface area contributed by atoms with Gasteiger partial charge in [-0.2, -0.15) is 0 Å². The summed E-state index contributed by atoms with van der Waals surface area (Å²) in [6, 6.07) is 4.48.